The SMILES string of the molecule is O=C(O)c1ccsc1-c1cccc(CO)c1. The van der Waals surface area contributed by atoms with Crippen LogP contribution in [0.1, 0.15) is 15.9 Å². The van der Waals surface area contributed by atoms with Gasteiger partial charge in [0.1, 0.15) is 0 Å². The monoisotopic (exact) mass is 234 g/mol. The molecule has 0 saturated carbocycles. The van der Waals surface area contributed by atoms with E-state index in [0.717, 1.165) is 16.0 Å². The van der Waals surface area contributed by atoms with Gasteiger partial charge in [-0.1, -0.05) is 18.2 Å². The number of hydrogen-bond donors (Lipinski definition) is 2. The van der Waals surface area contributed by atoms with Crippen LogP contribution in [-0.2, 0) is 6.61 Å². The van der Waals surface area contributed by atoms with Gasteiger partial charge >= 0.3 is 5.97 Å². The Kier molecular flexibility index (Phi) is 3.03. The molecule has 0 unspecified atom stereocenters. The van der Waals surface area contributed by atoms with E-state index in [1.807, 2.05) is 12.1 Å². The Morgan fingerprint density at radius 3 is 2.81 bits per heavy atom. The van der Waals surface area contributed by atoms with E-state index < -0.39 is 5.97 Å². The Hall–Kier alpha value is -1.65. The molecule has 2 aromatic rings. The molecule has 0 bridgehead atoms. The summed E-state index contributed by atoms with van der Waals surface area (Å²) in [6, 6.07) is 8.85. The first kappa shape index (κ1) is 10.9. The highest BCUT2D eigenvalue weighted by atomic mass is 32.1. The number of benzene rings is 1. The van der Waals surface area contributed by atoms with Gasteiger partial charge in [-0.3, -0.25) is 0 Å². The van der Waals surface area contributed by atoms with Crippen LogP contribution in [0.4, 0.5) is 0 Å². The van der Waals surface area contributed by atoms with Crippen LogP contribution in [0.15, 0.2) is 35.7 Å². The van der Waals surface area contributed by atoms with E-state index in [1.54, 1.807) is 23.6 Å². The van der Waals surface area contributed by atoms with Gasteiger partial charge < -0.3 is 10.2 Å². The Morgan fingerprint density at radius 1 is 1.31 bits per heavy atom. The van der Waals surface area contributed by atoms with Crippen LogP contribution in [-0.4, -0.2) is 16.2 Å². The Labute approximate surface area is 96.6 Å². The summed E-state index contributed by atoms with van der Waals surface area (Å²) in [5.41, 5.74) is 1.92. The standard InChI is InChI=1S/C12H10O3S/c13-7-8-2-1-3-9(6-8)11-10(12(14)15)4-5-16-11/h1-6,13H,7H2,(H,14,15). The van der Waals surface area contributed by atoms with Gasteiger partial charge in [-0.25, -0.2) is 4.79 Å². The number of rotatable bonds is 3. The second kappa shape index (κ2) is 4.47. The predicted octanol–water partition coefficient (Wildman–Crippen LogP) is 2.61. The van der Waals surface area contributed by atoms with Crippen LogP contribution < -0.4 is 0 Å². The number of aromatic carboxylic acids is 1. The molecule has 1 aromatic heterocycles. The van der Waals surface area contributed by atoms with Crippen molar-refractivity contribution in [1.82, 2.24) is 0 Å². The van der Waals surface area contributed by atoms with Gasteiger partial charge in [-0.05, 0) is 28.6 Å². The molecular formula is C12H10O3S. The van der Waals surface area contributed by atoms with Crippen LogP contribution >= 0.6 is 11.3 Å². The highest BCUT2D eigenvalue weighted by Crippen LogP contribution is 2.30. The van der Waals surface area contributed by atoms with Crippen LogP contribution in [0.3, 0.4) is 0 Å². The Bertz CT molecular complexity index is 516. The zero-order chi connectivity index (χ0) is 11.5. The van der Waals surface area contributed by atoms with E-state index >= 15 is 0 Å². The van der Waals surface area contributed by atoms with Crippen molar-refractivity contribution in [3.63, 3.8) is 0 Å². The Morgan fingerprint density at radius 2 is 2.12 bits per heavy atom. The average Bonchev–Trinajstić information content (AvgIpc) is 2.78. The molecule has 0 aliphatic rings. The van der Waals surface area contributed by atoms with Crippen LogP contribution in [0.25, 0.3) is 10.4 Å². The zero-order valence-electron chi connectivity index (χ0n) is 8.38. The van der Waals surface area contributed by atoms with Gasteiger partial charge in [0.2, 0.25) is 0 Å². The minimum absolute atomic E-state index is 0.0401. The summed E-state index contributed by atoms with van der Waals surface area (Å²) >= 11 is 1.39. The topological polar surface area (TPSA) is 57.5 Å². The molecule has 0 aliphatic carbocycles. The summed E-state index contributed by atoms with van der Waals surface area (Å²) < 4.78 is 0. The lowest BCUT2D eigenvalue weighted by molar-refractivity contribution is 0.0698. The number of thiophene rings is 1. The smallest absolute Gasteiger partial charge is 0.337 e. The van der Waals surface area contributed by atoms with Crippen LogP contribution in [0.2, 0.25) is 0 Å². The molecule has 0 fully saturated rings. The van der Waals surface area contributed by atoms with Crippen molar-refractivity contribution in [2.75, 3.05) is 0 Å². The molecule has 0 aliphatic heterocycles. The van der Waals surface area contributed by atoms with E-state index in [2.05, 4.69) is 0 Å². The minimum atomic E-state index is -0.925. The van der Waals surface area contributed by atoms with E-state index in [9.17, 15) is 4.79 Å². The van der Waals surface area contributed by atoms with Crippen molar-refractivity contribution in [2.24, 2.45) is 0 Å². The molecule has 1 aromatic carbocycles. The second-order valence-electron chi connectivity index (χ2n) is 3.33. The average molecular weight is 234 g/mol. The first-order chi connectivity index (χ1) is 7.72. The van der Waals surface area contributed by atoms with Crippen molar-refractivity contribution in [3.05, 3.63) is 46.8 Å². The quantitative estimate of drug-likeness (QED) is 0.858. The highest BCUT2D eigenvalue weighted by Gasteiger charge is 2.12. The van der Waals surface area contributed by atoms with Gasteiger partial charge in [0.05, 0.1) is 12.2 Å². The first-order valence-electron chi connectivity index (χ1n) is 4.73. The lowest BCUT2D eigenvalue weighted by Crippen LogP contribution is -1.95. The predicted molar refractivity (Wildman–Crippen MR) is 62.6 cm³/mol. The van der Waals surface area contributed by atoms with Crippen molar-refractivity contribution >= 4 is 17.3 Å². The van der Waals surface area contributed by atoms with Crippen molar-refractivity contribution < 1.29 is 15.0 Å². The summed E-state index contributed by atoms with van der Waals surface area (Å²) in [5, 5.41) is 19.8. The summed E-state index contributed by atoms with van der Waals surface area (Å²) in [6.45, 7) is -0.0401. The number of aliphatic hydroxyl groups excluding tert-OH is 1. The van der Waals surface area contributed by atoms with Crippen molar-refractivity contribution in [2.45, 2.75) is 6.61 Å². The molecular weight excluding hydrogens is 224 g/mol. The van der Waals surface area contributed by atoms with E-state index in [4.69, 9.17) is 10.2 Å². The summed E-state index contributed by atoms with van der Waals surface area (Å²) in [5.74, 6) is -0.925. The fourth-order valence-electron chi connectivity index (χ4n) is 1.51. The molecule has 0 saturated heterocycles. The van der Waals surface area contributed by atoms with Gasteiger partial charge in [0.15, 0.2) is 0 Å². The largest absolute Gasteiger partial charge is 0.478 e. The number of carboxylic acid groups (broad SMARTS) is 1. The maximum atomic E-state index is 11.0. The van der Waals surface area contributed by atoms with Crippen LogP contribution in [0, 0.1) is 0 Å². The molecule has 0 radical (unpaired) electrons. The summed E-state index contributed by atoms with van der Waals surface area (Å²) in [7, 11) is 0. The van der Waals surface area contributed by atoms with Crippen molar-refractivity contribution in [1.29, 1.82) is 0 Å². The van der Waals surface area contributed by atoms with E-state index in [0.29, 0.717) is 5.56 Å². The van der Waals surface area contributed by atoms with Crippen molar-refractivity contribution in [3.8, 4) is 10.4 Å². The summed E-state index contributed by atoms with van der Waals surface area (Å²) in [4.78, 5) is 11.7. The van der Waals surface area contributed by atoms with Gasteiger partial charge in [-0.15, -0.1) is 11.3 Å². The Balaban J connectivity index is 2.50. The number of hydrogen-bond acceptors (Lipinski definition) is 3. The molecule has 2 N–H and O–H groups in total. The maximum absolute atomic E-state index is 11.0. The number of carbonyl (C=O) groups is 1. The zero-order valence-corrected chi connectivity index (χ0v) is 9.20. The third-order valence-electron chi connectivity index (χ3n) is 2.27. The molecule has 0 atom stereocenters. The maximum Gasteiger partial charge on any atom is 0.337 e. The number of carboxylic acids is 1. The lowest BCUT2D eigenvalue weighted by atomic mass is 10.1. The fraction of sp³-hybridized carbons (Fsp3) is 0.0833. The third kappa shape index (κ3) is 1.98. The van der Waals surface area contributed by atoms with Gasteiger partial charge in [-0.2, -0.15) is 0 Å². The van der Waals surface area contributed by atoms with Crippen LogP contribution in [0.5, 0.6) is 0 Å². The normalized spacial score (nSPS) is 10.3. The lowest BCUT2D eigenvalue weighted by Gasteiger charge is -2.02. The molecule has 3 nitrogen and oxygen atoms in total. The number of aliphatic hydroxyl groups is 1. The van der Waals surface area contributed by atoms with Gasteiger partial charge in [0, 0.05) is 4.88 Å². The second-order valence-corrected chi connectivity index (χ2v) is 4.24. The van der Waals surface area contributed by atoms with Gasteiger partial charge in [0.25, 0.3) is 0 Å². The molecule has 0 spiro atoms. The molecule has 16 heavy (non-hydrogen) atoms. The molecule has 82 valence electrons. The third-order valence-corrected chi connectivity index (χ3v) is 3.23. The van der Waals surface area contributed by atoms with E-state index in [1.165, 1.54) is 11.3 Å². The highest BCUT2D eigenvalue weighted by molar-refractivity contribution is 7.14. The molecule has 0 amide bonds. The van der Waals surface area contributed by atoms with E-state index in [-0.39, 0.29) is 6.61 Å². The molecule has 2 rings (SSSR count). The minimum Gasteiger partial charge on any atom is -0.478 e. The first-order valence-corrected chi connectivity index (χ1v) is 5.61. The molecule has 4 heteroatoms. The summed E-state index contributed by atoms with van der Waals surface area (Å²) in [6.07, 6.45) is 0. The molecule has 1 heterocycles. The fourth-order valence-corrected chi connectivity index (χ4v) is 2.40.